The number of nitrogens with zero attached hydrogens (tertiary/aromatic N) is 6. The summed E-state index contributed by atoms with van der Waals surface area (Å²) < 4.78 is 1.78. The molecule has 68 heavy (non-hydrogen) atoms. The van der Waals surface area contributed by atoms with Crippen molar-refractivity contribution in [2.24, 2.45) is 23.5 Å². The highest BCUT2D eigenvalue weighted by Gasteiger charge is 2.50. The van der Waals surface area contributed by atoms with Crippen molar-refractivity contribution in [1.29, 1.82) is 0 Å². The fourth-order valence-corrected chi connectivity index (χ4v) is 8.03. The number of urea groups is 1. The van der Waals surface area contributed by atoms with Crippen molar-refractivity contribution in [3.63, 3.8) is 0 Å². The molecule has 0 bridgehead atoms. The summed E-state index contributed by atoms with van der Waals surface area (Å²) in [5.41, 5.74) is 9.99. The normalized spacial score (nSPS) is 19.6. The van der Waals surface area contributed by atoms with Crippen LogP contribution in [0.15, 0.2) is 22.1 Å². The second-order valence-corrected chi connectivity index (χ2v) is 16.8. The second-order valence-electron chi connectivity index (χ2n) is 15.5. The van der Waals surface area contributed by atoms with E-state index in [1.165, 1.54) is 13.1 Å². The van der Waals surface area contributed by atoms with Gasteiger partial charge in [-0.3, -0.25) is 58.3 Å². The van der Waals surface area contributed by atoms with E-state index in [0.29, 0.717) is 27.0 Å². The number of aliphatic carboxylic acids is 1. The standard InChI is InChI=1S/C37H60N12O18S/c1-17(51)47(65)12-5-8-20(38)30(57)40-21(9-6-13-48(66)18(2)52)31(58)41-22(10-7-14-49(67)19(3)53)32(59)42-23(16-50)33(60)44-25(35(61)62)26(54)29-27(55)28(56)34(68-29)46-15-11-24(43-36(39)63)45(4)37(46)64/h11,15,20-23,25-29,34,50,54-56,65-67H,5-10,12-14,16,38H2,1-4H3,(H2,39,63)(H,40,57)(H,41,58)(H,42,59)(H,44,60)(H,61,62)/t20-,21-,22-,23-,25+,26-,27+,28+,29+,34+/m0/s1. The first kappa shape index (κ1) is 58.1. The molecule has 1 aliphatic rings. The fraction of sp³-hybridized carbons (Fsp3) is 0.649. The number of primary amides is 1. The van der Waals surface area contributed by atoms with E-state index in [4.69, 9.17) is 11.5 Å². The summed E-state index contributed by atoms with van der Waals surface area (Å²) in [6.07, 6.45) is -5.91. The molecule has 2 heterocycles. The lowest BCUT2D eigenvalue weighted by molar-refractivity contribution is -0.163. The number of thioether (sulfide) groups is 1. The van der Waals surface area contributed by atoms with Crippen LogP contribution in [0.5, 0.6) is 0 Å². The molecular weight excluding hydrogens is 933 g/mol. The predicted octanol–water partition coefficient (Wildman–Crippen LogP) is -6.74. The molecule has 1 aromatic rings. The molecule has 1 fully saturated rings. The summed E-state index contributed by atoms with van der Waals surface area (Å²) in [5.74, 6) is -8.71. The molecular formula is C37H60N12O18S. The highest BCUT2D eigenvalue weighted by Crippen LogP contribution is 2.43. The number of carbonyl (C=O) groups excluding carboxylic acids is 8. The van der Waals surface area contributed by atoms with Crippen molar-refractivity contribution < 1.29 is 84.3 Å². The SMILES string of the molecule is CC(=O)N(O)CCC[C@H](NC(=O)[C@H](CCCN(O)C(C)=O)NC(=O)[C@@H](N)CCCN(O)C(C)=O)C(=O)N[C@@H](CO)C(=O)N[C@@H](C(=O)O)[C@H](O)[C@H]1S[C@@H](n2ccc(=NC(N)=O)n(C)c2=O)[C@H](O)[C@H]1O. The van der Waals surface area contributed by atoms with Gasteiger partial charge in [-0.15, -0.1) is 11.8 Å². The molecule has 1 aliphatic heterocycles. The van der Waals surface area contributed by atoms with Gasteiger partial charge in [0.25, 0.3) is 0 Å². The van der Waals surface area contributed by atoms with Gasteiger partial charge in [0.15, 0.2) is 6.04 Å². The Labute approximate surface area is 390 Å². The van der Waals surface area contributed by atoms with E-state index in [2.05, 4.69) is 20.9 Å². The van der Waals surface area contributed by atoms with Gasteiger partial charge in [0.05, 0.1) is 30.1 Å². The first-order valence-electron chi connectivity index (χ1n) is 20.8. The molecule has 31 heteroatoms. The van der Waals surface area contributed by atoms with Crippen LogP contribution in [0.3, 0.4) is 0 Å². The maximum atomic E-state index is 13.8. The number of carbonyl (C=O) groups is 9. The first-order chi connectivity index (χ1) is 31.7. The molecule has 10 atom stereocenters. The van der Waals surface area contributed by atoms with Gasteiger partial charge in [0.2, 0.25) is 41.4 Å². The zero-order valence-corrected chi connectivity index (χ0v) is 38.2. The van der Waals surface area contributed by atoms with Crippen molar-refractivity contribution in [3.05, 3.63) is 28.2 Å². The van der Waals surface area contributed by atoms with Crippen molar-refractivity contribution in [3.8, 4) is 0 Å². The highest BCUT2D eigenvalue weighted by molar-refractivity contribution is 8.00. The number of rotatable bonds is 25. The summed E-state index contributed by atoms with van der Waals surface area (Å²) >= 11 is 0.545. The Morgan fingerprint density at radius 3 is 1.63 bits per heavy atom. The molecule has 0 radical (unpaired) electrons. The molecule has 30 nitrogen and oxygen atoms in total. The van der Waals surface area contributed by atoms with Crippen LogP contribution in [0.1, 0.15) is 64.7 Å². The maximum Gasteiger partial charge on any atom is 0.340 e. The molecule has 0 spiro atoms. The Bertz CT molecular complexity index is 2130. The topological polar surface area (TPSA) is 465 Å². The van der Waals surface area contributed by atoms with Gasteiger partial charge in [-0.05, 0) is 44.6 Å². The Morgan fingerprint density at radius 1 is 0.750 bits per heavy atom. The molecule has 0 aromatic carbocycles. The Hall–Kier alpha value is -6.06. The average molecular weight is 993 g/mol. The number of carboxylic acid groups (broad SMARTS) is 1. The Balaban J connectivity index is 2.35. The minimum atomic E-state index is -2.31. The number of nitrogens with two attached hydrogens (primary N) is 2. The average Bonchev–Trinajstić information content (AvgIpc) is 3.56. The lowest BCUT2D eigenvalue weighted by Gasteiger charge is -2.29. The number of aromatic nitrogens is 2. The number of carboxylic acids is 1. The van der Waals surface area contributed by atoms with E-state index >= 15 is 0 Å². The van der Waals surface area contributed by atoms with Gasteiger partial charge in [0, 0.05) is 53.6 Å². The minimum Gasteiger partial charge on any atom is -0.480 e. The van der Waals surface area contributed by atoms with Crippen LogP contribution < -0.4 is 43.9 Å². The molecule has 1 aromatic heterocycles. The zero-order chi connectivity index (χ0) is 51.7. The van der Waals surface area contributed by atoms with Gasteiger partial charge in [-0.25, -0.2) is 29.6 Å². The maximum absolute atomic E-state index is 13.8. The van der Waals surface area contributed by atoms with Crippen LogP contribution >= 0.6 is 11.8 Å². The van der Waals surface area contributed by atoms with Crippen molar-refractivity contribution in [1.82, 2.24) is 45.6 Å². The van der Waals surface area contributed by atoms with Crippen LogP contribution in [0, 0.1) is 0 Å². The predicted molar refractivity (Wildman–Crippen MR) is 229 cm³/mol. The number of amides is 9. The van der Waals surface area contributed by atoms with Crippen LogP contribution in [0.2, 0.25) is 0 Å². The molecule has 0 aliphatic carbocycles. The number of hydrogen-bond donors (Lipinski definition) is 14. The monoisotopic (exact) mass is 992 g/mol. The summed E-state index contributed by atoms with van der Waals surface area (Å²) in [5, 5.41) is 89.5. The van der Waals surface area contributed by atoms with Gasteiger partial charge in [0.1, 0.15) is 35.1 Å². The van der Waals surface area contributed by atoms with Gasteiger partial charge < -0.3 is 58.3 Å². The van der Waals surface area contributed by atoms with E-state index in [0.717, 1.165) is 36.1 Å². The van der Waals surface area contributed by atoms with E-state index in [-0.39, 0.29) is 57.2 Å². The lowest BCUT2D eigenvalue weighted by Crippen LogP contribution is -2.61. The summed E-state index contributed by atoms with van der Waals surface area (Å²) in [6.45, 7) is 1.07. The second kappa shape index (κ2) is 27.1. The quantitative estimate of drug-likeness (QED) is 0.0320. The van der Waals surface area contributed by atoms with E-state index < -0.39 is 131 Å². The molecule has 16 N–H and O–H groups in total. The number of nitrogens with one attached hydrogen (secondary N) is 4. The molecule has 1 saturated heterocycles. The largest absolute Gasteiger partial charge is 0.480 e. The van der Waals surface area contributed by atoms with Crippen molar-refractivity contribution in [2.45, 2.75) is 118 Å². The number of aliphatic hydroxyl groups is 4. The third-order valence-electron chi connectivity index (χ3n) is 10.4. The third kappa shape index (κ3) is 16.9. The van der Waals surface area contributed by atoms with Crippen LogP contribution in [-0.2, 0) is 45.4 Å². The van der Waals surface area contributed by atoms with E-state index in [1.54, 1.807) is 0 Å². The molecule has 9 amide bonds. The number of hydrogen-bond acceptors (Lipinski definition) is 19. The molecule has 0 saturated carbocycles. The molecule has 2 rings (SSSR count). The number of aliphatic hydroxyl groups excluding tert-OH is 4. The van der Waals surface area contributed by atoms with Crippen molar-refractivity contribution in [2.75, 3.05) is 26.2 Å². The third-order valence-corrected chi connectivity index (χ3v) is 12.0. The summed E-state index contributed by atoms with van der Waals surface area (Å²) in [4.78, 5) is 129. The Morgan fingerprint density at radius 2 is 1.19 bits per heavy atom. The van der Waals surface area contributed by atoms with E-state index in [1.807, 2.05) is 5.32 Å². The molecule has 0 unspecified atom stereocenters. The van der Waals surface area contributed by atoms with Crippen LogP contribution in [0.25, 0.3) is 0 Å². The smallest absolute Gasteiger partial charge is 0.340 e. The van der Waals surface area contributed by atoms with Gasteiger partial charge in [-0.1, -0.05) is 0 Å². The fourth-order valence-electron chi connectivity index (χ4n) is 6.46. The first-order valence-corrected chi connectivity index (χ1v) is 21.7. The van der Waals surface area contributed by atoms with Crippen LogP contribution in [-0.4, -0.2) is 199 Å². The molecule has 382 valence electrons. The summed E-state index contributed by atoms with van der Waals surface area (Å²) in [7, 11) is 1.21. The lowest BCUT2D eigenvalue weighted by atomic mass is 10.00. The highest BCUT2D eigenvalue weighted by atomic mass is 32.2. The minimum absolute atomic E-state index is 0.0520. The Kier molecular flexibility index (Phi) is 23.1. The summed E-state index contributed by atoms with van der Waals surface area (Å²) in [6, 6.07) is -8.79. The van der Waals surface area contributed by atoms with Crippen LogP contribution in [0.4, 0.5) is 4.79 Å². The van der Waals surface area contributed by atoms with Gasteiger partial charge in [-0.2, -0.15) is 4.99 Å². The van der Waals surface area contributed by atoms with Gasteiger partial charge >= 0.3 is 17.7 Å². The zero-order valence-electron chi connectivity index (χ0n) is 37.4. The van der Waals surface area contributed by atoms with Crippen molar-refractivity contribution >= 4 is 65.1 Å². The number of hydroxylamine groups is 6. The van der Waals surface area contributed by atoms with E-state index in [9.17, 15) is 89.1 Å².